The van der Waals surface area contributed by atoms with Crippen LogP contribution < -0.4 is 16.2 Å². The highest BCUT2D eigenvalue weighted by atomic mass is 16.5. The quantitative estimate of drug-likeness (QED) is 0.0734. The monoisotopic (exact) mass is 524 g/mol. The standard InChI is InChI=1S/C35H28N2O3/c36-31-21-30(22-32(37)23-31)35(39)40-33-17-15-28(16-18-33)27-13-10-26(11-14-27)20-25-8-6-24(7-9-25)12-19-34(38)29-4-2-1-3-5-29/h1-19,21-23H,20,36-37H2/b19-12+. The third kappa shape index (κ3) is 6.71. The van der Waals surface area contributed by atoms with Crippen LogP contribution in [-0.4, -0.2) is 11.8 Å². The summed E-state index contributed by atoms with van der Waals surface area (Å²) in [5.74, 6) is -0.0845. The van der Waals surface area contributed by atoms with Crippen LogP contribution in [0.5, 0.6) is 5.75 Å². The summed E-state index contributed by atoms with van der Waals surface area (Å²) in [5.41, 5.74) is 18.8. The highest BCUT2D eigenvalue weighted by Crippen LogP contribution is 2.25. The number of carbonyl (C=O) groups excluding carboxylic acids is 2. The van der Waals surface area contributed by atoms with Gasteiger partial charge in [0.15, 0.2) is 5.78 Å². The molecule has 0 bridgehead atoms. The summed E-state index contributed by atoms with van der Waals surface area (Å²) in [5, 5.41) is 0. The molecular formula is C35H28N2O3. The Morgan fingerprint density at radius 2 is 1.18 bits per heavy atom. The third-order valence-electron chi connectivity index (χ3n) is 6.44. The number of nitrogens with two attached hydrogens (primary N) is 2. The third-order valence-corrected chi connectivity index (χ3v) is 6.44. The molecule has 40 heavy (non-hydrogen) atoms. The number of allylic oxidation sites excluding steroid dienone is 1. The van der Waals surface area contributed by atoms with Crippen LogP contribution in [0.3, 0.4) is 0 Å². The lowest BCUT2D eigenvalue weighted by Crippen LogP contribution is -2.09. The predicted molar refractivity (Wildman–Crippen MR) is 161 cm³/mol. The maximum atomic E-state index is 12.4. The largest absolute Gasteiger partial charge is 0.423 e. The van der Waals surface area contributed by atoms with Crippen molar-refractivity contribution in [1.29, 1.82) is 0 Å². The number of benzene rings is 5. The van der Waals surface area contributed by atoms with Crippen LogP contribution in [0.25, 0.3) is 17.2 Å². The van der Waals surface area contributed by atoms with E-state index in [1.807, 2.05) is 60.7 Å². The molecule has 5 aromatic rings. The lowest BCUT2D eigenvalue weighted by molar-refractivity contribution is 0.0734. The molecule has 0 aliphatic heterocycles. The zero-order valence-corrected chi connectivity index (χ0v) is 21.8. The second-order valence-electron chi connectivity index (χ2n) is 9.48. The Morgan fingerprint density at radius 3 is 1.77 bits per heavy atom. The van der Waals surface area contributed by atoms with Crippen LogP contribution in [0.1, 0.15) is 37.4 Å². The van der Waals surface area contributed by atoms with Crippen LogP contribution in [0.2, 0.25) is 0 Å². The number of carbonyl (C=O) groups is 2. The number of anilines is 2. The van der Waals surface area contributed by atoms with E-state index in [-0.39, 0.29) is 5.78 Å². The maximum Gasteiger partial charge on any atom is 0.343 e. The highest BCUT2D eigenvalue weighted by molar-refractivity contribution is 6.06. The van der Waals surface area contributed by atoms with Gasteiger partial charge < -0.3 is 16.2 Å². The number of hydrogen-bond acceptors (Lipinski definition) is 5. The van der Waals surface area contributed by atoms with E-state index in [9.17, 15) is 9.59 Å². The molecule has 5 nitrogen and oxygen atoms in total. The van der Waals surface area contributed by atoms with Gasteiger partial charge in [-0.05, 0) is 70.6 Å². The van der Waals surface area contributed by atoms with Crippen molar-refractivity contribution in [3.63, 3.8) is 0 Å². The zero-order valence-electron chi connectivity index (χ0n) is 21.8. The van der Waals surface area contributed by atoms with E-state index in [1.165, 1.54) is 23.3 Å². The first kappa shape index (κ1) is 26.2. The normalized spacial score (nSPS) is 10.9. The van der Waals surface area contributed by atoms with Gasteiger partial charge in [0.2, 0.25) is 0 Å². The summed E-state index contributed by atoms with van der Waals surface area (Å²) in [6, 6.07) is 37.9. The molecule has 0 atom stereocenters. The average molecular weight is 525 g/mol. The van der Waals surface area contributed by atoms with Gasteiger partial charge in [0.1, 0.15) is 5.75 Å². The minimum absolute atomic E-state index is 0.0103. The molecule has 0 spiro atoms. The van der Waals surface area contributed by atoms with Gasteiger partial charge in [-0.15, -0.1) is 0 Å². The minimum atomic E-state index is -0.513. The van der Waals surface area contributed by atoms with E-state index in [1.54, 1.807) is 24.3 Å². The molecule has 0 heterocycles. The summed E-state index contributed by atoms with van der Waals surface area (Å²) < 4.78 is 5.47. The van der Waals surface area contributed by atoms with Crippen molar-refractivity contribution in [3.8, 4) is 16.9 Å². The second-order valence-corrected chi connectivity index (χ2v) is 9.48. The zero-order chi connectivity index (χ0) is 27.9. The summed E-state index contributed by atoms with van der Waals surface area (Å²) in [7, 11) is 0. The van der Waals surface area contributed by atoms with Crippen LogP contribution in [-0.2, 0) is 6.42 Å². The van der Waals surface area contributed by atoms with E-state index in [4.69, 9.17) is 16.2 Å². The Balaban J connectivity index is 1.17. The smallest absolute Gasteiger partial charge is 0.343 e. The molecule has 0 saturated heterocycles. The number of ketones is 1. The van der Waals surface area contributed by atoms with Gasteiger partial charge >= 0.3 is 5.97 Å². The SMILES string of the molecule is Nc1cc(N)cc(C(=O)Oc2ccc(-c3ccc(Cc4ccc(/C=C/C(=O)c5ccccc5)cc4)cc3)cc2)c1. The first-order valence-corrected chi connectivity index (χ1v) is 12.9. The van der Waals surface area contributed by atoms with Crippen LogP contribution in [0.15, 0.2) is 127 Å². The lowest BCUT2D eigenvalue weighted by Gasteiger charge is -2.08. The summed E-state index contributed by atoms with van der Waals surface area (Å²) in [6.45, 7) is 0. The summed E-state index contributed by atoms with van der Waals surface area (Å²) >= 11 is 0. The fourth-order valence-corrected chi connectivity index (χ4v) is 4.34. The fraction of sp³-hybridized carbons (Fsp3) is 0.0286. The first-order valence-electron chi connectivity index (χ1n) is 12.9. The van der Waals surface area contributed by atoms with E-state index in [2.05, 4.69) is 36.4 Å². The lowest BCUT2D eigenvalue weighted by atomic mass is 9.99. The van der Waals surface area contributed by atoms with E-state index >= 15 is 0 Å². The van der Waals surface area contributed by atoms with E-state index in [0.717, 1.165) is 23.1 Å². The molecule has 5 aromatic carbocycles. The second kappa shape index (κ2) is 12.0. The Labute approximate surface area is 233 Å². The van der Waals surface area contributed by atoms with Gasteiger partial charge in [0.25, 0.3) is 0 Å². The van der Waals surface area contributed by atoms with Gasteiger partial charge in [-0.3, -0.25) is 4.79 Å². The molecule has 4 N–H and O–H groups in total. The van der Waals surface area contributed by atoms with Gasteiger partial charge in [0.05, 0.1) is 5.56 Å². The number of ether oxygens (including phenoxy) is 1. The number of rotatable bonds is 8. The van der Waals surface area contributed by atoms with Gasteiger partial charge in [-0.25, -0.2) is 4.79 Å². The molecule has 0 aliphatic rings. The van der Waals surface area contributed by atoms with Crippen LogP contribution in [0.4, 0.5) is 11.4 Å². The van der Waals surface area contributed by atoms with Crippen molar-refractivity contribution in [1.82, 2.24) is 0 Å². The molecule has 0 fully saturated rings. The summed E-state index contributed by atoms with van der Waals surface area (Å²) in [6.07, 6.45) is 4.25. The molecule has 196 valence electrons. The van der Waals surface area contributed by atoms with Crippen molar-refractivity contribution in [2.75, 3.05) is 11.5 Å². The topological polar surface area (TPSA) is 95.4 Å². The Kier molecular flexibility index (Phi) is 7.84. The van der Waals surface area contributed by atoms with Crippen molar-refractivity contribution in [2.45, 2.75) is 6.42 Å². The molecular weight excluding hydrogens is 496 g/mol. The highest BCUT2D eigenvalue weighted by Gasteiger charge is 2.11. The predicted octanol–water partition coefficient (Wildman–Crippen LogP) is 7.22. The molecule has 5 rings (SSSR count). The van der Waals surface area contributed by atoms with Gasteiger partial charge in [0, 0.05) is 16.9 Å². The van der Waals surface area contributed by atoms with Gasteiger partial charge in [-0.1, -0.05) is 97.1 Å². The van der Waals surface area contributed by atoms with Crippen molar-refractivity contribution < 1.29 is 14.3 Å². The van der Waals surface area contributed by atoms with E-state index < -0.39 is 5.97 Å². The molecule has 0 aromatic heterocycles. The van der Waals surface area contributed by atoms with Crippen LogP contribution in [0, 0.1) is 0 Å². The molecule has 5 heteroatoms. The number of hydrogen-bond donors (Lipinski definition) is 2. The molecule has 0 amide bonds. The summed E-state index contributed by atoms with van der Waals surface area (Å²) in [4.78, 5) is 24.7. The average Bonchev–Trinajstić information content (AvgIpc) is 2.97. The van der Waals surface area contributed by atoms with Crippen molar-refractivity contribution in [3.05, 3.63) is 155 Å². The van der Waals surface area contributed by atoms with Gasteiger partial charge in [-0.2, -0.15) is 0 Å². The number of esters is 1. The molecule has 0 radical (unpaired) electrons. The Morgan fingerprint density at radius 1 is 0.625 bits per heavy atom. The van der Waals surface area contributed by atoms with E-state index in [0.29, 0.717) is 28.3 Å². The molecule has 0 unspecified atom stereocenters. The Bertz CT molecular complexity index is 1640. The maximum absolute atomic E-state index is 12.4. The van der Waals surface area contributed by atoms with Crippen LogP contribution >= 0.6 is 0 Å². The Hall–Kier alpha value is -5.42. The molecule has 0 saturated carbocycles. The van der Waals surface area contributed by atoms with Crippen molar-refractivity contribution in [2.24, 2.45) is 0 Å². The first-order chi connectivity index (χ1) is 19.4. The molecule has 0 aliphatic carbocycles. The van der Waals surface area contributed by atoms with Crippen molar-refractivity contribution >= 4 is 29.2 Å². The fourth-order valence-electron chi connectivity index (χ4n) is 4.34. The minimum Gasteiger partial charge on any atom is -0.423 e. The number of nitrogen functional groups attached to an aromatic ring is 2.